The summed E-state index contributed by atoms with van der Waals surface area (Å²) in [5, 5.41) is 10.1. The van der Waals surface area contributed by atoms with Gasteiger partial charge in [0.2, 0.25) is 0 Å². The van der Waals surface area contributed by atoms with Gasteiger partial charge < -0.3 is 9.52 Å². The maximum Gasteiger partial charge on any atom is 0.419 e. The van der Waals surface area contributed by atoms with E-state index in [-0.39, 0.29) is 5.76 Å². The van der Waals surface area contributed by atoms with Crippen molar-refractivity contribution in [2.24, 2.45) is 0 Å². The number of para-hydroxylation sites is 2. The summed E-state index contributed by atoms with van der Waals surface area (Å²) in [5.74, 6) is -0.310. The molecule has 2 aromatic rings. The quantitative estimate of drug-likeness (QED) is 0.921. The molecule has 1 N–H and O–H groups in total. The number of oxazole rings is 1. The molecule has 108 valence electrons. The SMILES string of the molecule is CC1(O)CCCN(CCn2c(=O)oc3ccccc32)C1. The predicted molar refractivity (Wildman–Crippen MR) is 76.8 cm³/mol. The van der Waals surface area contributed by atoms with Crippen LogP contribution in [0, 0.1) is 0 Å². The van der Waals surface area contributed by atoms with E-state index >= 15 is 0 Å². The minimum atomic E-state index is -0.609. The highest BCUT2D eigenvalue weighted by Crippen LogP contribution is 2.20. The summed E-state index contributed by atoms with van der Waals surface area (Å²) in [4.78, 5) is 14.1. The number of aliphatic hydroxyl groups is 1. The van der Waals surface area contributed by atoms with Gasteiger partial charge in [-0.15, -0.1) is 0 Å². The van der Waals surface area contributed by atoms with Gasteiger partial charge in [-0.3, -0.25) is 9.47 Å². The summed E-state index contributed by atoms with van der Waals surface area (Å²) in [5.41, 5.74) is 0.853. The molecule has 1 aliphatic rings. The number of hydrogen-bond donors (Lipinski definition) is 1. The van der Waals surface area contributed by atoms with E-state index < -0.39 is 5.60 Å². The van der Waals surface area contributed by atoms with Crippen molar-refractivity contribution in [2.75, 3.05) is 19.6 Å². The largest absolute Gasteiger partial charge is 0.419 e. The molecule has 0 saturated carbocycles. The number of fused-ring (bicyclic) bond motifs is 1. The summed E-state index contributed by atoms with van der Waals surface area (Å²) in [6, 6.07) is 7.46. The Morgan fingerprint density at radius 1 is 1.35 bits per heavy atom. The zero-order valence-electron chi connectivity index (χ0n) is 11.7. The van der Waals surface area contributed by atoms with Gasteiger partial charge in [-0.05, 0) is 38.4 Å². The third-order valence-corrected chi connectivity index (χ3v) is 3.97. The lowest BCUT2D eigenvalue weighted by molar-refractivity contribution is -0.0163. The first-order chi connectivity index (χ1) is 9.55. The molecular formula is C15H20N2O3. The molecule has 0 spiro atoms. The Morgan fingerprint density at radius 3 is 2.95 bits per heavy atom. The zero-order chi connectivity index (χ0) is 14.2. The van der Waals surface area contributed by atoms with Gasteiger partial charge in [0.25, 0.3) is 0 Å². The van der Waals surface area contributed by atoms with Crippen LogP contribution in [0.3, 0.4) is 0 Å². The maximum atomic E-state index is 11.9. The van der Waals surface area contributed by atoms with E-state index in [0.29, 0.717) is 18.7 Å². The molecule has 5 heteroatoms. The van der Waals surface area contributed by atoms with Gasteiger partial charge in [0.1, 0.15) is 0 Å². The fourth-order valence-electron chi connectivity index (χ4n) is 2.98. The number of nitrogens with zero attached hydrogens (tertiary/aromatic N) is 2. The van der Waals surface area contributed by atoms with Crippen LogP contribution in [0.4, 0.5) is 0 Å². The smallest absolute Gasteiger partial charge is 0.408 e. The predicted octanol–water partition coefficient (Wildman–Crippen LogP) is 1.44. The van der Waals surface area contributed by atoms with Gasteiger partial charge in [0.15, 0.2) is 5.58 Å². The lowest BCUT2D eigenvalue weighted by atomic mass is 9.95. The Hall–Kier alpha value is -1.59. The van der Waals surface area contributed by atoms with Crippen molar-refractivity contribution in [1.82, 2.24) is 9.47 Å². The summed E-state index contributed by atoms with van der Waals surface area (Å²) in [7, 11) is 0. The number of β-amino-alcohol motifs (C(OH)–C–C–N with tert-alkyl or cyclic N) is 1. The Balaban J connectivity index is 1.74. The van der Waals surface area contributed by atoms with Crippen LogP contribution in [0.2, 0.25) is 0 Å². The zero-order valence-corrected chi connectivity index (χ0v) is 11.7. The molecule has 1 unspecified atom stereocenters. The number of aromatic nitrogens is 1. The highest BCUT2D eigenvalue weighted by molar-refractivity contribution is 5.72. The number of rotatable bonds is 3. The van der Waals surface area contributed by atoms with E-state index in [4.69, 9.17) is 4.42 Å². The first kappa shape index (κ1) is 13.4. The standard InChI is InChI=1S/C15H20N2O3/c1-15(19)7-4-8-16(11-15)9-10-17-12-5-2-3-6-13(12)20-14(17)18/h2-3,5-6,19H,4,7-11H2,1H3. The van der Waals surface area contributed by atoms with Gasteiger partial charge >= 0.3 is 5.76 Å². The second-order valence-corrected chi connectivity index (χ2v) is 5.86. The van der Waals surface area contributed by atoms with Crippen molar-refractivity contribution >= 4 is 11.1 Å². The highest BCUT2D eigenvalue weighted by atomic mass is 16.4. The molecule has 1 atom stereocenters. The van der Waals surface area contributed by atoms with Crippen molar-refractivity contribution in [3.05, 3.63) is 34.8 Å². The maximum absolute atomic E-state index is 11.9. The molecule has 3 rings (SSSR count). The summed E-state index contributed by atoms with van der Waals surface area (Å²) in [6.07, 6.45) is 1.84. The van der Waals surface area contributed by atoms with Crippen LogP contribution in [0.15, 0.2) is 33.5 Å². The number of piperidine rings is 1. The molecule has 1 saturated heterocycles. The first-order valence-electron chi connectivity index (χ1n) is 7.08. The van der Waals surface area contributed by atoms with E-state index in [2.05, 4.69) is 4.90 Å². The second kappa shape index (κ2) is 5.07. The van der Waals surface area contributed by atoms with Gasteiger partial charge in [0, 0.05) is 19.6 Å². The molecule has 5 nitrogen and oxygen atoms in total. The van der Waals surface area contributed by atoms with Crippen molar-refractivity contribution in [3.63, 3.8) is 0 Å². The summed E-state index contributed by atoms with van der Waals surface area (Å²) in [6.45, 7) is 4.85. The number of benzene rings is 1. The van der Waals surface area contributed by atoms with Crippen LogP contribution >= 0.6 is 0 Å². The van der Waals surface area contributed by atoms with Gasteiger partial charge in [-0.2, -0.15) is 0 Å². The highest BCUT2D eigenvalue weighted by Gasteiger charge is 2.28. The van der Waals surface area contributed by atoms with Crippen molar-refractivity contribution in [2.45, 2.75) is 31.9 Å². The molecule has 0 aliphatic carbocycles. The normalized spacial score (nSPS) is 24.3. The molecule has 1 aromatic heterocycles. The van der Waals surface area contributed by atoms with E-state index in [1.807, 2.05) is 25.1 Å². The monoisotopic (exact) mass is 276 g/mol. The number of hydrogen-bond acceptors (Lipinski definition) is 4. The van der Waals surface area contributed by atoms with Crippen LogP contribution in [-0.4, -0.2) is 39.8 Å². The van der Waals surface area contributed by atoms with Crippen molar-refractivity contribution in [1.29, 1.82) is 0 Å². The van der Waals surface area contributed by atoms with Crippen LogP contribution in [0.1, 0.15) is 19.8 Å². The fraction of sp³-hybridized carbons (Fsp3) is 0.533. The molecule has 20 heavy (non-hydrogen) atoms. The molecule has 0 radical (unpaired) electrons. The minimum absolute atomic E-state index is 0.310. The van der Waals surface area contributed by atoms with E-state index in [0.717, 1.165) is 31.4 Å². The number of likely N-dealkylation sites (tertiary alicyclic amines) is 1. The van der Waals surface area contributed by atoms with E-state index in [1.165, 1.54) is 0 Å². The van der Waals surface area contributed by atoms with E-state index in [1.54, 1.807) is 10.6 Å². The lowest BCUT2D eigenvalue weighted by Gasteiger charge is -2.36. The van der Waals surface area contributed by atoms with Crippen molar-refractivity contribution in [3.8, 4) is 0 Å². The lowest BCUT2D eigenvalue weighted by Crippen LogP contribution is -2.47. The average Bonchev–Trinajstić information content (AvgIpc) is 2.71. The van der Waals surface area contributed by atoms with Crippen LogP contribution < -0.4 is 5.76 Å². The van der Waals surface area contributed by atoms with Crippen LogP contribution in [-0.2, 0) is 6.54 Å². The van der Waals surface area contributed by atoms with E-state index in [9.17, 15) is 9.90 Å². The average molecular weight is 276 g/mol. The molecule has 0 bridgehead atoms. The first-order valence-corrected chi connectivity index (χ1v) is 7.08. The summed E-state index contributed by atoms with van der Waals surface area (Å²) >= 11 is 0. The molecule has 1 fully saturated rings. The molecule has 1 aromatic carbocycles. The fourth-order valence-corrected chi connectivity index (χ4v) is 2.98. The Bertz CT molecular complexity index is 656. The van der Waals surface area contributed by atoms with Crippen LogP contribution in [0.25, 0.3) is 11.1 Å². The molecular weight excluding hydrogens is 256 g/mol. The van der Waals surface area contributed by atoms with Gasteiger partial charge in [-0.25, -0.2) is 4.79 Å². The minimum Gasteiger partial charge on any atom is -0.408 e. The Kier molecular flexibility index (Phi) is 3.40. The van der Waals surface area contributed by atoms with Gasteiger partial charge in [0.05, 0.1) is 11.1 Å². The second-order valence-electron chi connectivity index (χ2n) is 5.86. The summed E-state index contributed by atoms with van der Waals surface area (Å²) < 4.78 is 6.88. The molecule has 0 amide bonds. The third-order valence-electron chi connectivity index (χ3n) is 3.97. The topological polar surface area (TPSA) is 58.6 Å². The Labute approximate surface area is 117 Å². The Morgan fingerprint density at radius 2 is 2.15 bits per heavy atom. The van der Waals surface area contributed by atoms with Gasteiger partial charge in [-0.1, -0.05) is 12.1 Å². The third kappa shape index (κ3) is 2.64. The van der Waals surface area contributed by atoms with Crippen LogP contribution in [0.5, 0.6) is 0 Å². The molecule has 2 heterocycles. The van der Waals surface area contributed by atoms with Crippen molar-refractivity contribution < 1.29 is 9.52 Å². The molecule has 1 aliphatic heterocycles.